The largest absolute Gasteiger partial charge is 0.352 e. The maximum atomic E-state index is 14.0. The van der Waals surface area contributed by atoms with E-state index in [1.807, 2.05) is 13.8 Å². The molecule has 7 nitrogen and oxygen atoms in total. The van der Waals surface area contributed by atoms with Crippen LogP contribution in [0.3, 0.4) is 0 Å². The molecule has 3 rings (SSSR count). The van der Waals surface area contributed by atoms with Gasteiger partial charge in [-0.15, -0.1) is 0 Å². The zero-order valence-electron chi connectivity index (χ0n) is 22.4. The van der Waals surface area contributed by atoms with E-state index in [0.717, 1.165) is 10.7 Å². The molecule has 0 aliphatic heterocycles. The molecule has 0 unspecified atom stereocenters. The van der Waals surface area contributed by atoms with Crippen LogP contribution in [0, 0.1) is 6.92 Å². The highest BCUT2D eigenvalue weighted by molar-refractivity contribution is 7.92. The van der Waals surface area contributed by atoms with Crippen LogP contribution < -0.4 is 9.62 Å². The normalized spacial score (nSPS) is 12.9. The Morgan fingerprint density at radius 1 is 0.923 bits per heavy atom. The quantitative estimate of drug-likeness (QED) is 0.305. The Morgan fingerprint density at radius 3 is 2.23 bits per heavy atom. The van der Waals surface area contributed by atoms with E-state index in [1.165, 1.54) is 23.1 Å². The molecule has 0 saturated heterocycles. The number of nitrogens with one attached hydrogen (secondary N) is 1. The summed E-state index contributed by atoms with van der Waals surface area (Å²) in [6.07, 6.45) is 0.720. The molecule has 0 aromatic heterocycles. The highest BCUT2D eigenvalue weighted by Crippen LogP contribution is 2.30. The van der Waals surface area contributed by atoms with Crippen molar-refractivity contribution in [3.63, 3.8) is 0 Å². The van der Waals surface area contributed by atoms with E-state index in [2.05, 4.69) is 5.32 Å². The number of aryl methyl sites for hydroxylation is 1. The first-order chi connectivity index (χ1) is 18.4. The highest BCUT2D eigenvalue weighted by Gasteiger charge is 2.33. The molecule has 0 saturated carbocycles. The Kier molecular flexibility index (Phi) is 10.4. The van der Waals surface area contributed by atoms with Gasteiger partial charge in [-0.25, -0.2) is 8.42 Å². The number of amides is 2. The monoisotopic (exact) mass is 589 g/mol. The van der Waals surface area contributed by atoms with Gasteiger partial charge in [0.1, 0.15) is 12.6 Å². The van der Waals surface area contributed by atoms with Crippen LogP contribution in [0.5, 0.6) is 0 Å². The molecular formula is C29H33Cl2N3O4S. The number of sulfonamides is 1. The fourth-order valence-electron chi connectivity index (χ4n) is 3.96. The third-order valence-corrected chi connectivity index (χ3v) is 8.70. The van der Waals surface area contributed by atoms with Gasteiger partial charge < -0.3 is 10.2 Å². The molecule has 39 heavy (non-hydrogen) atoms. The summed E-state index contributed by atoms with van der Waals surface area (Å²) >= 11 is 12.4. The zero-order valence-corrected chi connectivity index (χ0v) is 24.7. The summed E-state index contributed by atoms with van der Waals surface area (Å²) in [6.45, 7) is 6.71. The second kappa shape index (κ2) is 13.3. The van der Waals surface area contributed by atoms with Crippen molar-refractivity contribution in [2.45, 2.75) is 57.6 Å². The molecule has 0 spiro atoms. The molecule has 0 heterocycles. The van der Waals surface area contributed by atoms with Gasteiger partial charge in [0.2, 0.25) is 11.8 Å². The molecule has 0 bridgehead atoms. The molecule has 3 aromatic rings. The molecule has 0 fully saturated rings. The average Bonchev–Trinajstić information content (AvgIpc) is 2.91. The van der Waals surface area contributed by atoms with Crippen LogP contribution in [0.15, 0.2) is 77.7 Å². The summed E-state index contributed by atoms with van der Waals surface area (Å²) in [6, 6.07) is 18.8. The number of hydrogen-bond acceptors (Lipinski definition) is 4. The van der Waals surface area contributed by atoms with Crippen LogP contribution >= 0.6 is 23.2 Å². The third-order valence-electron chi connectivity index (χ3n) is 6.46. The van der Waals surface area contributed by atoms with Gasteiger partial charge in [-0.2, -0.15) is 0 Å². The van der Waals surface area contributed by atoms with Gasteiger partial charge in [0.05, 0.1) is 10.6 Å². The molecule has 3 aromatic carbocycles. The fourth-order valence-corrected chi connectivity index (χ4v) is 5.84. The molecule has 208 valence electrons. The Bertz CT molecular complexity index is 1420. The molecule has 0 radical (unpaired) electrons. The number of anilines is 1. The third kappa shape index (κ3) is 7.75. The van der Waals surface area contributed by atoms with Crippen LogP contribution in [-0.4, -0.2) is 43.8 Å². The summed E-state index contributed by atoms with van der Waals surface area (Å²) in [5.41, 5.74) is 1.60. The summed E-state index contributed by atoms with van der Waals surface area (Å²) in [4.78, 5) is 28.5. The summed E-state index contributed by atoms with van der Waals surface area (Å²) in [5.74, 6) is -0.892. The number of benzene rings is 3. The molecule has 0 aliphatic carbocycles. The van der Waals surface area contributed by atoms with E-state index >= 15 is 0 Å². The number of nitrogens with zero attached hydrogens (tertiary/aromatic N) is 2. The van der Waals surface area contributed by atoms with Gasteiger partial charge >= 0.3 is 0 Å². The molecular weight excluding hydrogens is 557 g/mol. The van der Waals surface area contributed by atoms with Crippen LogP contribution in [-0.2, 0) is 26.2 Å². The molecule has 1 N–H and O–H groups in total. The Balaban J connectivity index is 2.06. The van der Waals surface area contributed by atoms with E-state index in [0.29, 0.717) is 21.2 Å². The van der Waals surface area contributed by atoms with Crippen molar-refractivity contribution in [2.24, 2.45) is 0 Å². The smallest absolute Gasteiger partial charge is 0.264 e. The van der Waals surface area contributed by atoms with Gasteiger partial charge in [-0.3, -0.25) is 13.9 Å². The van der Waals surface area contributed by atoms with E-state index in [9.17, 15) is 18.0 Å². The fraction of sp³-hybridized carbons (Fsp3) is 0.310. The lowest BCUT2D eigenvalue weighted by molar-refractivity contribution is -0.139. The molecule has 10 heteroatoms. The summed E-state index contributed by atoms with van der Waals surface area (Å²) < 4.78 is 28.8. The average molecular weight is 591 g/mol. The van der Waals surface area contributed by atoms with Crippen LogP contribution in [0.25, 0.3) is 0 Å². The first-order valence-corrected chi connectivity index (χ1v) is 14.8. The van der Waals surface area contributed by atoms with Crippen molar-refractivity contribution in [3.8, 4) is 0 Å². The number of hydrogen-bond donors (Lipinski definition) is 1. The van der Waals surface area contributed by atoms with Gasteiger partial charge in [0, 0.05) is 22.6 Å². The standard InChI is InChI=1S/C29H33Cl2N3O4S/c1-5-21(3)32-29(36)22(4)33(18-23-10-9-11-24(30)16-23)28(35)19-34(27-17-25(31)15-14-20(27)2)39(37,38)26-12-7-6-8-13-26/h6-17,21-22H,5,18-19H2,1-4H3,(H,32,36)/t21-,22-/m1/s1. The predicted octanol–water partition coefficient (Wildman–Crippen LogP) is 5.83. The Labute approximate surface area is 240 Å². The van der Waals surface area contributed by atoms with Crippen LogP contribution in [0.4, 0.5) is 5.69 Å². The first-order valence-electron chi connectivity index (χ1n) is 12.6. The van der Waals surface area contributed by atoms with Crippen molar-refractivity contribution in [2.75, 3.05) is 10.8 Å². The molecule has 2 atom stereocenters. The molecule has 0 aliphatic rings. The van der Waals surface area contributed by atoms with Crippen LogP contribution in [0.2, 0.25) is 10.0 Å². The van der Waals surface area contributed by atoms with Crippen LogP contribution in [0.1, 0.15) is 38.3 Å². The van der Waals surface area contributed by atoms with E-state index in [-0.39, 0.29) is 29.1 Å². The lowest BCUT2D eigenvalue weighted by atomic mass is 10.1. The first kappa shape index (κ1) is 30.5. The highest BCUT2D eigenvalue weighted by atomic mass is 35.5. The van der Waals surface area contributed by atoms with E-state index in [4.69, 9.17) is 23.2 Å². The lowest BCUT2D eigenvalue weighted by Crippen LogP contribution is -2.52. The zero-order chi connectivity index (χ0) is 28.7. The second-order valence-corrected chi connectivity index (χ2v) is 12.1. The van der Waals surface area contributed by atoms with Crippen molar-refractivity contribution in [1.82, 2.24) is 10.2 Å². The van der Waals surface area contributed by atoms with Gasteiger partial charge in [0.15, 0.2) is 0 Å². The van der Waals surface area contributed by atoms with E-state index in [1.54, 1.807) is 68.4 Å². The van der Waals surface area contributed by atoms with E-state index < -0.39 is 28.5 Å². The Morgan fingerprint density at radius 2 is 1.59 bits per heavy atom. The SMILES string of the molecule is CC[C@@H](C)NC(=O)[C@@H](C)N(Cc1cccc(Cl)c1)C(=O)CN(c1cc(Cl)ccc1C)S(=O)(=O)c1ccccc1. The summed E-state index contributed by atoms with van der Waals surface area (Å²) in [5, 5.41) is 3.72. The minimum Gasteiger partial charge on any atom is -0.352 e. The second-order valence-electron chi connectivity index (χ2n) is 9.40. The number of carbonyl (C=O) groups is 2. The number of carbonyl (C=O) groups excluding carboxylic acids is 2. The summed E-state index contributed by atoms with van der Waals surface area (Å²) in [7, 11) is -4.16. The van der Waals surface area contributed by atoms with Gasteiger partial charge in [-0.05, 0) is 74.7 Å². The maximum Gasteiger partial charge on any atom is 0.264 e. The topological polar surface area (TPSA) is 86.8 Å². The van der Waals surface area contributed by atoms with Crippen molar-refractivity contribution in [1.29, 1.82) is 0 Å². The molecule has 2 amide bonds. The van der Waals surface area contributed by atoms with Gasteiger partial charge in [0.25, 0.3) is 10.0 Å². The minimum atomic E-state index is -4.16. The van der Waals surface area contributed by atoms with Crippen molar-refractivity contribution < 1.29 is 18.0 Å². The van der Waals surface area contributed by atoms with Crippen molar-refractivity contribution >= 4 is 50.7 Å². The number of rotatable bonds is 11. The number of halogens is 2. The maximum absolute atomic E-state index is 14.0. The Hall–Kier alpha value is -3.07. The van der Waals surface area contributed by atoms with Crippen molar-refractivity contribution in [3.05, 3.63) is 94.0 Å². The lowest BCUT2D eigenvalue weighted by Gasteiger charge is -2.33. The minimum absolute atomic E-state index is 0.0288. The predicted molar refractivity (Wildman–Crippen MR) is 157 cm³/mol. The van der Waals surface area contributed by atoms with Gasteiger partial charge in [-0.1, -0.05) is 66.5 Å².